The zero-order valence-corrected chi connectivity index (χ0v) is 17.5. The van der Waals surface area contributed by atoms with Crippen molar-refractivity contribution in [3.63, 3.8) is 0 Å². The maximum Gasteiger partial charge on any atom is 0.338 e. The normalized spacial score (nSPS) is 15.2. The molecule has 2 aromatic rings. The first-order valence-corrected chi connectivity index (χ1v) is 9.98. The number of hydrogen-bond acceptors (Lipinski definition) is 6. The van der Waals surface area contributed by atoms with Crippen LogP contribution in [0.3, 0.4) is 0 Å². The summed E-state index contributed by atoms with van der Waals surface area (Å²) in [6, 6.07) is 8.87. The molecule has 0 radical (unpaired) electrons. The van der Waals surface area contributed by atoms with Crippen LogP contribution >= 0.6 is 11.8 Å². The average molecular weight is 428 g/mol. The van der Waals surface area contributed by atoms with E-state index < -0.39 is 29.6 Å². The molecule has 0 saturated carbocycles. The van der Waals surface area contributed by atoms with Gasteiger partial charge in [0.2, 0.25) is 0 Å². The quantitative estimate of drug-likeness (QED) is 0.555. The lowest BCUT2D eigenvalue weighted by Crippen LogP contribution is -2.33. The molecule has 1 aromatic carbocycles. The second kappa shape index (κ2) is 8.58. The van der Waals surface area contributed by atoms with Crippen molar-refractivity contribution in [3.05, 3.63) is 57.8 Å². The molecule has 9 heteroatoms. The van der Waals surface area contributed by atoms with Crippen molar-refractivity contribution in [1.82, 2.24) is 9.47 Å². The molecule has 3 rings (SSSR count). The number of amides is 2. The zero-order chi connectivity index (χ0) is 22.0. The molecule has 30 heavy (non-hydrogen) atoms. The summed E-state index contributed by atoms with van der Waals surface area (Å²) in [5.74, 6) is -2.28. The maximum atomic E-state index is 12.4. The minimum Gasteiger partial charge on any atom is -0.480 e. The molecule has 0 unspecified atom stereocenters. The fraction of sp³-hybridized carbons (Fsp3) is 0.238. The van der Waals surface area contributed by atoms with Gasteiger partial charge in [-0.1, -0.05) is 6.07 Å². The summed E-state index contributed by atoms with van der Waals surface area (Å²) in [6.07, 6.45) is 1.58. The third-order valence-corrected chi connectivity index (χ3v) is 5.45. The Hall–Kier alpha value is -3.33. The molecule has 1 saturated heterocycles. The molecule has 8 nitrogen and oxygen atoms in total. The third kappa shape index (κ3) is 4.16. The number of imide groups is 1. The number of carbonyl (C=O) groups is 4. The molecule has 1 N–H and O–H groups in total. The van der Waals surface area contributed by atoms with Gasteiger partial charge in [0.25, 0.3) is 11.1 Å². The molecule has 2 amide bonds. The van der Waals surface area contributed by atoms with Gasteiger partial charge in [0, 0.05) is 17.1 Å². The fourth-order valence-corrected chi connectivity index (χ4v) is 4.06. The second-order valence-electron chi connectivity index (χ2n) is 6.59. The van der Waals surface area contributed by atoms with Crippen molar-refractivity contribution in [1.29, 1.82) is 0 Å². The fourth-order valence-electron chi connectivity index (χ4n) is 3.23. The van der Waals surface area contributed by atoms with E-state index in [4.69, 9.17) is 9.84 Å². The van der Waals surface area contributed by atoms with Crippen LogP contribution in [0.25, 0.3) is 11.8 Å². The maximum absolute atomic E-state index is 12.4. The molecule has 2 heterocycles. The van der Waals surface area contributed by atoms with Gasteiger partial charge in [-0.25, -0.2) is 4.79 Å². The van der Waals surface area contributed by atoms with Crippen LogP contribution in [-0.4, -0.2) is 50.8 Å². The van der Waals surface area contributed by atoms with Crippen molar-refractivity contribution >= 4 is 40.9 Å². The smallest absolute Gasteiger partial charge is 0.338 e. The minimum atomic E-state index is -1.25. The Bertz CT molecular complexity index is 1090. The number of carbonyl (C=O) groups excluding carboxylic acids is 3. The number of carboxylic acid groups (broad SMARTS) is 1. The van der Waals surface area contributed by atoms with Crippen LogP contribution in [0.2, 0.25) is 0 Å². The lowest BCUT2D eigenvalue weighted by molar-refractivity contribution is -0.140. The van der Waals surface area contributed by atoms with Gasteiger partial charge in [-0.05, 0) is 68.4 Å². The van der Waals surface area contributed by atoms with Crippen molar-refractivity contribution in [2.45, 2.75) is 20.8 Å². The standard InChI is InChI=1S/C21H20N2O6S/c1-4-29-20(27)14-6-5-7-16(9-14)23-12(2)8-15(13(23)3)10-17-19(26)22(11-18(24)25)21(28)30-17/h5-10H,4,11H2,1-3H3,(H,24,25)/b17-10-. The van der Waals surface area contributed by atoms with E-state index in [-0.39, 0.29) is 11.5 Å². The third-order valence-electron chi connectivity index (χ3n) is 4.54. The Morgan fingerprint density at radius 3 is 2.60 bits per heavy atom. The highest BCUT2D eigenvalue weighted by molar-refractivity contribution is 8.18. The summed E-state index contributed by atoms with van der Waals surface area (Å²) in [6.45, 7) is 5.11. The number of esters is 1. The number of ether oxygens (including phenoxy) is 1. The van der Waals surface area contributed by atoms with Crippen LogP contribution in [0.4, 0.5) is 4.79 Å². The number of thioether (sulfide) groups is 1. The summed E-state index contributed by atoms with van der Waals surface area (Å²) in [5.41, 5.74) is 3.57. The van der Waals surface area contributed by atoms with Crippen molar-refractivity contribution in [3.8, 4) is 5.69 Å². The van der Waals surface area contributed by atoms with Gasteiger partial charge in [0.15, 0.2) is 0 Å². The Morgan fingerprint density at radius 1 is 1.20 bits per heavy atom. The first kappa shape index (κ1) is 21.4. The Morgan fingerprint density at radius 2 is 1.93 bits per heavy atom. The molecule has 1 fully saturated rings. The van der Waals surface area contributed by atoms with Gasteiger partial charge in [-0.2, -0.15) is 0 Å². The first-order chi connectivity index (χ1) is 14.2. The molecular weight excluding hydrogens is 408 g/mol. The molecule has 1 aliphatic rings. The van der Waals surface area contributed by atoms with Gasteiger partial charge >= 0.3 is 11.9 Å². The average Bonchev–Trinajstić information content (AvgIpc) is 3.11. The zero-order valence-electron chi connectivity index (χ0n) is 16.7. The van der Waals surface area contributed by atoms with Crippen LogP contribution in [0.15, 0.2) is 35.2 Å². The number of nitrogens with zero attached hydrogens (tertiary/aromatic N) is 2. The van der Waals surface area contributed by atoms with E-state index in [2.05, 4.69) is 0 Å². The van der Waals surface area contributed by atoms with E-state index in [1.54, 1.807) is 31.2 Å². The lowest BCUT2D eigenvalue weighted by Gasteiger charge is -2.11. The van der Waals surface area contributed by atoms with Crippen LogP contribution < -0.4 is 0 Å². The molecule has 0 bridgehead atoms. The number of benzene rings is 1. The Kier molecular flexibility index (Phi) is 6.12. The van der Waals surface area contributed by atoms with E-state index in [1.165, 1.54) is 0 Å². The molecule has 0 spiro atoms. The predicted octanol–water partition coefficient (Wildman–Crippen LogP) is 3.39. The van der Waals surface area contributed by atoms with Gasteiger partial charge < -0.3 is 14.4 Å². The van der Waals surface area contributed by atoms with E-state index in [9.17, 15) is 19.2 Å². The van der Waals surface area contributed by atoms with Crippen LogP contribution in [0.1, 0.15) is 34.2 Å². The van der Waals surface area contributed by atoms with Gasteiger partial charge in [0.05, 0.1) is 17.1 Å². The lowest BCUT2D eigenvalue weighted by atomic mass is 10.2. The highest BCUT2D eigenvalue weighted by Gasteiger charge is 2.36. The van der Waals surface area contributed by atoms with Gasteiger partial charge in [-0.3, -0.25) is 19.3 Å². The van der Waals surface area contributed by atoms with Crippen molar-refractivity contribution in [2.75, 3.05) is 13.2 Å². The molecule has 156 valence electrons. The number of rotatable bonds is 6. The van der Waals surface area contributed by atoms with Gasteiger partial charge in [-0.15, -0.1) is 0 Å². The number of aryl methyl sites for hydroxylation is 1. The van der Waals surface area contributed by atoms with Crippen LogP contribution in [-0.2, 0) is 14.3 Å². The number of aromatic nitrogens is 1. The summed E-state index contributed by atoms with van der Waals surface area (Å²) in [7, 11) is 0. The molecule has 1 aliphatic heterocycles. The summed E-state index contributed by atoms with van der Waals surface area (Å²) >= 11 is 0.715. The van der Waals surface area contributed by atoms with Crippen molar-refractivity contribution in [2.24, 2.45) is 0 Å². The monoisotopic (exact) mass is 428 g/mol. The Balaban J connectivity index is 1.96. The second-order valence-corrected chi connectivity index (χ2v) is 7.59. The highest BCUT2D eigenvalue weighted by Crippen LogP contribution is 2.33. The number of hydrogen-bond donors (Lipinski definition) is 1. The summed E-state index contributed by atoms with van der Waals surface area (Å²) in [4.78, 5) is 48.2. The molecular formula is C21H20N2O6S. The van der Waals surface area contributed by atoms with Crippen LogP contribution in [0.5, 0.6) is 0 Å². The molecule has 1 aromatic heterocycles. The molecule has 0 atom stereocenters. The van der Waals surface area contributed by atoms with E-state index >= 15 is 0 Å². The largest absolute Gasteiger partial charge is 0.480 e. The van der Waals surface area contributed by atoms with E-state index in [0.717, 1.165) is 22.6 Å². The summed E-state index contributed by atoms with van der Waals surface area (Å²) in [5, 5.41) is 8.27. The SMILES string of the molecule is CCOC(=O)c1cccc(-n2c(C)cc(/C=C3\SC(=O)N(CC(=O)O)C3=O)c2C)c1. The minimum absolute atomic E-state index is 0.168. The first-order valence-electron chi connectivity index (χ1n) is 9.16. The Labute approximate surface area is 177 Å². The van der Waals surface area contributed by atoms with E-state index in [1.807, 2.05) is 30.5 Å². The van der Waals surface area contributed by atoms with Gasteiger partial charge in [0.1, 0.15) is 6.54 Å². The number of aliphatic carboxylic acids is 1. The highest BCUT2D eigenvalue weighted by atomic mass is 32.2. The van der Waals surface area contributed by atoms with Crippen LogP contribution in [0, 0.1) is 13.8 Å². The van der Waals surface area contributed by atoms with E-state index in [0.29, 0.717) is 22.2 Å². The number of carboxylic acids is 1. The molecule has 0 aliphatic carbocycles. The predicted molar refractivity (Wildman–Crippen MR) is 112 cm³/mol. The van der Waals surface area contributed by atoms with Crippen molar-refractivity contribution < 1.29 is 29.0 Å². The summed E-state index contributed by atoms with van der Waals surface area (Å²) < 4.78 is 6.98. The topological polar surface area (TPSA) is 106 Å².